The minimum Gasteiger partial charge on any atom is -0.481 e. The second kappa shape index (κ2) is 5.18. The van der Waals surface area contributed by atoms with Crippen molar-refractivity contribution in [2.24, 2.45) is 5.92 Å². The van der Waals surface area contributed by atoms with Crippen LogP contribution in [0, 0.1) is 5.92 Å². The Kier molecular flexibility index (Phi) is 3.62. The molecule has 1 aliphatic heterocycles. The summed E-state index contributed by atoms with van der Waals surface area (Å²) in [5.41, 5.74) is 1.63. The Hall–Kier alpha value is -1.88. The van der Waals surface area contributed by atoms with Crippen molar-refractivity contribution >= 4 is 17.6 Å². The molecule has 1 aromatic rings. The monoisotopic (exact) mass is 249 g/mol. The highest BCUT2D eigenvalue weighted by Gasteiger charge is 2.38. The predicted octanol–water partition coefficient (Wildman–Crippen LogP) is 1.27. The molecule has 96 valence electrons. The van der Waals surface area contributed by atoms with Crippen molar-refractivity contribution in [1.82, 2.24) is 0 Å². The maximum atomic E-state index is 12.0. The molecule has 1 aromatic carbocycles. The average molecular weight is 249 g/mol. The molecule has 1 amide bonds. The summed E-state index contributed by atoms with van der Waals surface area (Å²) in [6.07, 6.45) is 0.357. The molecule has 1 atom stereocenters. The summed E-state index contributed by atoms with van der Waals surface area (Å²) in [5, 5.41) is 8.95. The summed E-state index contributed by atoms with van der Waals surface area (Å²) in [6.45, 7) is 0.841. The second-order valence-corrected chi connectivity index (χ2v) is 4.23. The number of benzene rings is 1. The van der Waals surface area contributed by atoms with Crippen LogP contribution in [0.25, 0.3) is 0 Å². The van der Waals surface area contributed by atoms with Crippen LogP contribution in [0.3, 0.4) is 0 Å². The first-order valence-corrected chi connectivity index (χ1v) is 5.76. The molecule has 5 heteroatoms. The molecule has 0 aliphatic carbocycles. The van der Waals surface area contributed by atoms with Gasteiger partial charge >= 0.3 is 5.97 Å². The molecule has 1 heterocycles. The van der Waals surface area contributed by atoms with E-state index in [0.29, 0.717) is 19.6 Å². The highest BCUT2D eigenvalue weighted by molar-refractivity contribution is 6.08. The minimum atomic E-state index is -1.05. The number of carbonyl (C=O) groups excluding carboxylic acids is 1. The number of para-hydroxylation sites is 1. The number of rotatable bonds is 4. The Morgan fingerprint density at radius 3 is 2.83 bits per heavy atom. The van der Waals surface area contributed by atoms with Crippen molar-refractivity contribution < 1.29 is 19.4 Å². The Morgan fingerprint density at radius 1 is 1.50 bits per heavy atom. The number of carboxylic acids is 1. The van der Waals surface area contributed by atoms with Gasteiger partial charge in [-0.05, 0) is 12.5 Å². The number of nitrogens with zero attached hydrogens (tertiary/aromatic N) is 1. The van der Waals surface area contributed by atoms with E-state index >= 15 is 0 Å². The van der Waals surface area contributed by atoms with Crippen LogP contribution in [-0.4, -0.2) is 30.6 Å². The number of hydrogen-bond acceptors (Lipinski definition) is 3. The van der Waals surface area contributed by atoms with Crippen molar-refractivity contribution in [1.29, 1.82) is 0 Å². The standard InChI is InChI=1S/C13H15NO4/c1-18-8-9-4-2-3-5-11(9)14-7-6-10(12(14)15)13(16)17/h2-5,10H,6-8H2,1H3,(H,16,17). The summed E-state index contributed by atoms with van der Waals surface area (Å²) >= 11 is 0. The van der Waals surface area contributed by atoms with Crippen molar-refractivity contribution in [2.75, 3.05) is 18.6 Å². The third kappa shape index (κ3) is 2.22. The second-order valence-electron chi connectivity index (χ2n) is 4.23. The smallest absolute Gasteiger partial charge is 0.316 e. The van der Waals surface area contributed by atoms with Crippen LogP contribution in [-0.2, 0) is 20.9 Å². The Balaban J connectivity index is 2.28. The van der Waals surface area contributed by atoms with Gasteiger partial charge in [-0.15, -0.1) is 0 Å². The van der Waals surface area contributed by atoms with Crippen LogP contribution in [0.15, 0.2) is 24.3 Å². The zero-order valence-electron chi connectivity index (χ0n) is 10.1. The number of hydrogen-bond donors (Lipinski definition) is 1. The van der Waals surface area contributed by atoms with Gasteiger partial charge in [0, 0.05) is 24.9 Å². The highest BCUT2D eigenvalue weighted by Crippen LogP contribution is 2.28. The van der Waals surface area contributed by atoms with Gasteiger partial charge in [0.1, 0.15) is 5.92 Å². The van der Waals surface area contributed by atoms with Crippen molar-refractivity contribution in [3.05, 3.63) is 29.8 Å². The van der Waals surface area contributed by atoms with Crippen molar-refractivity contribution in [3.63, 3.8) is 0 Å². The first-order valence-electron chi connectivity index (χ1n) is 5.76. The summed E-state index contributed by atoms with van der Waals surface area (Å²) in [5.74, 6) is -2.31. The number of ether oxygens (including phenoxy) is 1. The lowest BCUT2D eigenvalue weighted by Gasteiger charge is -2.19. The third-order valence-corrected chi connectivity index (χ3v) is 3.09. The van der Waals surface area contributed by atoms with Gasteiger partial charge in [-0.1, -0.05) is 18.2 Å². The van der Waals surface area contributed by atoms with Gasteiger partial charge in [-0.25, -0.2) is 0 Å². The van der Waals surface area contributed by atoms with E-state index in [4.69, 9.17) is 9.84 Å². The molecule has 2 rings (SSSR count). The van der Waals surface area contributed by atoms with Crippen LogP contribution in [0.2, 0.25) is 0 Å². The number of carbonyl (C=O) groups is 2. The lowest BCUT2D eigenvalue weighted by molar-refractivity contribution is -0.144. The molecule has 5 nitrogen and oxygen atoms in total. The minimum absolute atomic E-state index is 0.342. The van der Waals surface area contributed by atoms with E-state index in [1.54, 1.807) is 7.11 Å². The molecule has 1 saturated heterocycles. The predicted molar refractivity (Wildman–Crippen MR) is 65.3 cm³/mol. The fourth-order valence-electron chi connectivity index (χ4n) is 2.20. The zero-order chi connectivity index (χ0) is 13.1. The summed E-state index contributed by atoms with van der Waals surface area (Å²) in [7, 11) is 1.59. The van der Waals surface area contributed by atoms with E-state index in [2.05, 4.69) is 0 Å². The molecule has 18 heavy (non-hydrogen) atoms. The van der Waals surface area contributed by atoms with Gasteiger partial charge in [0.15, 0.2) is 0 Å². The van der Waals surface area contributed by atoms with Crippen LogP contribution in [0.5, 0.6) is 0 Å². The quantitative estimate of drug-likeness (QED) is 0.816. The van der Waals surface area contributed by atoms with Crippen LogP contribution in [0.4, 0.5) is 5.69 Å². The molecule has 0 bridgehead atoms. The first kappa shape index (κ1) is 12.6. The third-order valence-electron chi connectivity index (χ3n) is 3.09. The van der Waals surface area contributed by atoms with Gasteiger partial charge in [-0.2, -0.15) is 0 Å². The van der Waals surface area contributed by atoms with Crippen molar-refractivity contribution in [3.8, 4) is 0 Å². The molecular weight excluding hydrogens is 234 g/mol. The zero-order valence-corrected chi connectivity index (χ0v) is 10.1. The fraction of sp³-hybridized carbons (Fsp3) is 0.385. The Bertz CT molecular complexity index is 472. The summed E-state index contributed by atoms with van der Waals surface area (Å²) < 4.78 is 5.08. The van der Waals surface area contributed by atoms with Crippen molar-refractivity contribution in [2.45, 2.75) is 13.0 Å². The molecule has 1 unspecified atom stereocenters. The molecule has 0 saturated carbocycles. The Morgan fingerprint density at radius 2 is 2.22 bits per heavy atom. The molecule has 1 aliphatic rings. The average Bonchev–Trinajstić information content (AvgIpc) is 2.72. The molecule has 1 fully saturated rings. The highest BCUT2D eigenvalue weighted by atomic mass is 16.5. The normalized spacial score (nSPS) is 19.3. The summed E-state index contributed by atoms with van der Waals surface area (Å²) in [6, 6.07) is 7.39. The summed E-state index contributed by atoms with van der Waals surface area (Å²) in [4.78, 5) is 24.5. The SMILES string of the molecule is COCc1ccccc1N1CCC(C(=O)O)C1=O. The van der Waals surface area contributed by atoms with Gasteiger partial charge in [0.05, 0.1) is 6.61 Å². The number of aliphatic carboxylic acids is 1. The van der Waals surface area contributed by atoms with Crippen LogP contribution in [0.1, 0.15) is 12.0 Å². The van der Waals surface area contributed by atoms with E-state index in [1.165, 1.54) is 4.90 Å². The van der Waals surface area contributed by atoms with E-state index in [0.717, 1.165) is 11.3 Å². The van der Waals surface area contributed by atoms with Crippen LogP contribution >= 0.6 is 0 Å². The van der Waals surface area contributed by atoms with E-state index in [1.807, 2.05) is 24.3 Å². The molecule has 1 N–H and O–H groups in total. The fourth-order valence-corrected chi connectivity index (χ4v) is 2.20. The van der Waals surface area contributed by atoms with Gasteiger partial charge in [0.25, 0.3) is 0 Å². The molecule has 0 aromatic heterocycles. The lowest BCUT2D eigenvalue weighted by atomic mass is 10.1. The Labute approximate surface area is 105 Å². The molecule has 0 spiro atoms. The molecular formula is C13H15NO4. The van der Waals surface area contributed by atoms with E-state index in [-0.39, 0.29) is 5.91 Å². The number of anilines is 1. The largest absolute Gasteiger partial charge is 0.481 e. The van der Waals surface area contributed by atoms with Gasteiger partial charge < -0.3 is 14.7 Å². The maximum absolute atomic E-state index is 12.0. The van der Waals surface area contributed by atoms with Gasteiger partial charge in [0.2, 0.25) is 5.91 Å². The van der Waals surface area contributed by atoms with Crippen LogP contribution < -0.4 is 4.90 Å². The van der Waals surface area contributed by atoms with E-state index in [9.17, 15) is 9.59 Å². The van der Waals surface area contributed by atoms with E-state index < -0.39 is 11.9 Å². The topological polar surface area (TPSA) is 66.8 Å². The maximum Gasteiger partial charge on any atom is 0.316 e. The molecule has 0 radical (unpaired) electrons. The first-order chi connectivity index (χ1) is 8.65. The number of amides is 1. The number of methoxy groups -OCH3 is 1. The van der Waals surface area contributed by atoms with Gasteiger partial charge in [-0.3, -0.25) is 9.59 Å². The lowest BCUT2D eigenvalue weighted by Crippen LogP contribution is -2.30. The number of carboxylic acid groups (broad SMARTS) is 1.